The minimum Gasteiger partial charge on any atom is -0.479 e. The van der Waals surface area contributed by atoms with E-state index in [9.17, 15) is 19.5 Å². The first-order valence-electron chi connectivity index (χ1n) is 14.4. The van der Waals surface area contributed by atoms with E-state index < -0.39 is 35.7 Å². The van der Waals surface area contributed by atoms with Gasteiger partial charge in [0.15, 0.2) is 29.3 Å². The second kappa shape index (κ2) is 13.6. The Morgan fingerprint density at radius 3 is 1.89 bits per heavy atom. The van der Waals surface area contributed by atoms with Gasteiger partial charge in [0.1, 0.15) is 0 Å². The maximum atomic E-state index is 13.2. The smallest absolute Gasteiger partial charge is 0.335 e. The number of ether oxygens (including phenoxy) is 2. The zero-order valence-corrected chi connectivity index (χ0v) is 24.2. The van der Waals surface area contributed by atoms with Gasteiger partial charge in [-0.05, 0) is 40.7 Å². The second-order valence-corrected chi connectivity index (χ2v) is 11.1. The third kappa shape index (κ3) is 7.08. The van der Waals surface area contributed by atoms with Crippen LogP contribution < -0.4 is 20.1 Å². The fourth-order valence-corrected chi connectivity index (χ4v) is 5.78. The molecule has 13 nitrogen and oxygen atoms in total. The number of fused-ring (bicyclic) bond motifs is 2. The number of hydrogen-bond acceptors (Lipinski definition) is 10. The van der Waals surface area contributed by atoms with Crippen molar-refractivity contribution in [3.63, 3.8) is 0 Å². The van der Waals surface area contributed by atoms with Crippen LogP contribution in [0.25, 0.3) is 0 Å². The third-order valence-corrected chi connectivity index (χ3v) is 8.22. The Kier molecular flexibility index (Phi) is 9.65. The Morgan fingerprint density at radius 1 is 0.822 bits per heavy atom. The molecule has 1 aliphatic carbocycles. The quantitative estimate of drug-likeness (QED) is 0.145. The van der Waals surface area contributed by atoms with Gasteiger partial charge in [-0.1, -0.05) is 66.7 Å². The maximum absolute atomic E-state index is 13.2. The van der Waals surface area contributed by atoms with Crippen LogP contribution in [-0.4, -0.2) is 93.1 Å². The summed E-state index contributed by atoms with van der Waals surface area (Å²) in [7, 11) is 0. The predicted molar refractivity (Wildman–Crippen MR) is 158 cm³/mol. The number of piperidine rings is 1. The highest BCUT2D eigenvalue weighted by atomic mass is 16.7. The summed E-state index contributed by atoms with van der Waals surface area (Å²) in [5.74, 6) is -1.16. The number of rotatable bonds is 11. The first-order chi connectivity index (χ1) is 21.6. The van der Waals surface area contributed by atoms with E-state index in [4.69, 9.17) is 29.9 Å². The van der Waals surface area contributed by atoms with Crippen molar-refractivity contribution in [2.24, 2.45) is 11.8 Å². The number of carboxylic acids is 2. The number of aliphatic hydroxyl groups is 3. The number of aliphatic hydroxyl groups excluding tert-OH is 2. The van der Waals surface area contributed by atoms with Gasteiger partial charge in [-0.3, -0.25) is 15.0 Å². The molecular weight excluding hydrogens is 586 g/mol. The summed E-state index contributed by atoms with van der Waals surface area (Å²) in [5, 5.41) is 50.5. The molecule has 0 aromatic heterocycles. The van der Waals surface area contributed by atoms with E-state index >= 15 is 0 Å². The lowest BCUT2D eigenvalue weighted by atomic mass is 9.85. The Labute approximate surface area is 258 Å². The summed E-state index contributed by atoms with van der Waals surface area (Å²) in [5.41, 5.74) is 0.580. The molecule has 3 aromatic carbocycles. The number of carbonyl (C=O) groups excluding carboxylic acids is 1. The molecule has 13 heteroatoms. The monoisotopic (exact) mass is 621 g/mol. The molecule has 45 heavy (non-hydrogen) atoms. The summed E-state index contributed by atoms with van der Waals surface area (Å²) in [6, 6.07) is 24.7. The molecular formula is C32H35N3O10. The molecule has 238 valence electrons. The topological polar surface area (TPSA) is 198 Å². The highest BCUT2D eigenvalue weighted by Crippen LogP contribution is 2.46. The lowest BCUT2D eigenvalue weighted by Crippen LogP contribution is -2.48. The van der Waals surface area contributed by atoms with Crippen molar-refractivity contribution in [3.8, 4) is 11.5 Å². The molecule has 5 atom stereocenters. The minimum absolute atomic E-state index is 0.296. The molecule has 1 saturated heterocycles. The molecule has 3 aromatic rings. The molecule has 7 N–H and O–H groups in total. The van der Waals surface area contributed by atoms with Crippen LogP contribution in [0.2, 0.25) is 0 Å². The largest absolute Gasteiger partial charge is 0.479 e. The lowest BCUT2D eigenvalue weighted by Gasteiger charge is -2.28. The number of carbonyl (C=O) groups is 3. The Balaban J connectivity index is 0.000000348. The summed E-state index contributed by atoms with van der Waals surface area (Å²) < 4.78 is 10.9. The van der Waals surface area contributed by atoms with Crippen LogP contribution in [0.1, 0.15) is 16.7 Å². The Bertz CT molecular complexity index is 1440. The van der Waals surface area contributed by atoms with Crippen molar-refractivity contribution in [2.75, 3.05) is 26.6 Å². The first kappa shape index (κ1) is 31.9. The number of likely N-dealkylation sites (tertiary alicyclic amines) is 1. The van der Waals surface area contributed by atoms with Crippen molar-refractivity contribution in [3.05, 3.63) is 95.6 Å². The summed E-state index contributed by atoms with van der Waals surface area (Å²) in [6.07, 6.45) is -4.53. The van der Waals surface area contributed by atoms with Crippen LogP contribution in [-0.2, 0) is 26.5 Å². The van der Waals surface area contributed by atoms with Crippen molar-refractivity contribution < 1.29 is 49.4 Å². The van der Waals surface area contributed by atoms with Crippen molar-refractivity contribution >= 4 is 17.8 Å². The van der Waals surface area contributed by atoms with Crippen LogP contribution in [0.4, 0.5) is 0 Å². The number of amides is 1. The van der Waals surface area contributed by atoms with Gasteiger partial charge in [-0.2, -0.15) is 0 Å². The molecule has 0 bridgehead atoms. The number of nitrogens with one attached hydrogen (secondary N) is 2. The van der Waals surface area contributed by atoms with Crippen LogP contribution in [0, 0.1) is 11.8 Å². The molecule has 0 spiro atoms. The summed E-state index contributed by atoms with van der Waals surface area (Å²) in [6.45, 7) is 3.57. The molecule has 1 amide bonds. The fraction of sp³-hybridized carbons (Fsp3) is 0.344. The molecule has 6 rings (SSSR count). The number of aliphatic carboxylic acids is 2. The fourth-order valence-electron chi connectivity index (χ4n) is 5.78. The molecule has 0 radical (unpaired) electrons. The normalized spacial score (nSPS) is 21.1. The predicted octanol–water partition coefficient (Wildman–Crippen LogP) is 0.322. The van der Waals surface area contributed by atoms with Crippen molar-refractivity contribution in [2.45, 2.75) is 30.4 Å². The van der Waals surface area contributed by atoms with Gasteiger partial charge in [0.2, 0.25) is 6.79 Å². The van der Waals surface area contributed by atoms with Gasteiger partial charge in [0.25, 0.3) is 5.91 Å². The molecule has 3 aliphatic rings. The van der Waals surface area contributed by atoms with E-state index in [0.29, 0.717) is 42.5 Å². The van der Waals surface area contributed by atoms with Gasteiger partial charge in [-0.25, -0.2) is 9.59 Å². The average molecular weight is 622 g/mol. The van der Waals surface area contributed by atoms with E-state index in [1.165, 1.54) is 5.56 Å². The minimum atomic E-state index is -2.27. The Hall–Kier alpha value is -4.53. The van der Waals surface area contributed by atoms with Gasteiger partial charge in [0.05, 0.1) is 6.67 Å². The zero-order valence-electron chi connectivity index (χ0n) is 24.2. The number of hydrogen-bond donors (Lipinski definition) is 7. The Morgan fingerprint density at radius 2 is 1.36 bits per heavy atom. The van der Waals surface area contributed by atoms with Crippen LogP contribution in [0.5, 0.6) is 11.5 Å². The van der Waals surface area contributed by atoms with E-state index in [0.717, 1.165) is 31.1 Å². The number of carboxylic acid groups (broad SMARTS) is 2. The summed E-state index contributed by atoms with van der Waals surface area (Å²) in [4.78, 5) is 35.2. The molecule has 1 saturated carbocycles. The highest BCUT2D eigenvalue weighted by Gasteiger charge is 2.55. The molecule has 2 aliphatic heterocycles. The van der Waals surface area contributed by atoms with E-state index in [2.05, 4.69) is 27.7 Å². The third-order valence-electron chi connectivity index (χ3n) is 8.22. The number of benzene rings is 3. The second-order valence-electron chi connectivity index (χ2n) is 11.1. The summed E-state index contributed by atoms with van der Waals surface area (Å²) >= 11 is 0. The van der Waals surface area contributed by atoms with Gasteiger partial charge < -0.3 is 40.3 Å². The average Bonchev–Trinajstić information content (AvgIpc) is 3.36. The molecule has 2 fully saturated rings. The molecule has 2 heterocycles. The van der Waals surface area contributed by atoms with Crippen molar-refractivity contribution in [1.82, 2.24) is 15.5 Å². The van der Waals surface area contributed by atoms with E-state index in [-0.39, 0.29) is 0 Å². The van der Waals surface area contributed by atoms with Crippen LogP contribution in [0.15, 0.2) is 78.9 Å². The van der Waals surface area contributed by atoms with Gasteiger partial charge in [0, 0.05) is 25.7 Å². The van der Waals surface area contributed by atoms with Gasteiger partial charge in [-0.15, -0.1) is 0 Å². The standard InChI is InChI=1S/C28H29N3O4.C4H6O6/c32-27(28(33,20-7-3-1-4-8-20)21-9-5-2-6-10-21)30-17-29-26-22-15-31(16-23(22)26)14-19-11-12-24-25(13-19)35-18-34-24;5-1(3(7)8)2(6)4(9)10/h1-13,22-23,26,29,33H,14-18H2,(H,30,32);1-2,5-6H,(H,7,8)(H,9,10)/t22-,23+,26?;1-,2-/m.1/s1. The van der Waals surface area contributed by atoms with E-state index in [1.54, 1.807) is 24.3 Å². The van der Waals surface area contributed by atoms with E-state index in [1.807, 2.05) is 42.5 Å². The van der Waals surface area contributed by atoms with Crippen LogP contribution >= 0.6 is 0 Å². The lowest BCUT2D eigenvalue weighted by molar-refractivity contribution is -0.165. The maximum Gasteiger partial charge on any atom is 0.335 e. The van der Waals surface area contributed by atoms with Crippen LogP contribution in [0.3, 0.4) is 0 Å². The SMILES string of the molecule is O=C(NCNC1[C@H]2CN(Cc3ccc4c(c3)OCO4)C[C@@H]12)C(O)(c1ccccc1)c1ccccc1.O=C(O)[C@H](O)[C@@H](O)C(=O)O. The van der Waals surface area contributed by atoms with Gasteiger partial charge >= 0.3 is 11.9 Å². The first-order valence-corrected chi connectivity index (χ1v) is 14.4. The highest BCUT2D eigenvalue weighted by molar-refractivity contribution is 5.90. The zero-order chi connectivity index (χ0) is 32.1. The molecule has 1 unspecified atom stereocenters. The number of nitrogens with zero attached hydrogens (tertiary/aromatic N) is 1. The van der Waals surface area contributed by atoms with Crippen molar-refractivity contribution in [1.29, 1.82) is 0 Å².